The molecule has 5 heteroatoms. The quantitative estimate of drug-likeness (QED) is 0.724. The predicted octanol–water partition coefficient (Wildman–Crippen LogP) is 0.726. The number of hydrogen-bond acceptors (Lipinski definition) is 4. The number of ether oxygens (including phenoxy) is 1. The van der Waals surface area contributed by atoms with Crippen molar-refractivity contribution < 1.29 is 9.53 Å². The number of hydrogen-bond donors (Lipinski definition) is 1. The highest BCUT2D eigenvalue weighted by atomic mass is 16.5. The number of carbonyl (C=O) groups is 1. The molecular weight excluding hydrogens is 206 g/mol. The fourth-order valence-electron chi connectivity index (χ4n) is 1.50. The van der Waals surface area contributed by atoms with Crippen LogP contribution in [-0.2, 0) is 22.5 Å². The Morgan fingerprint density at radius 2 is 2.38 bits per heavy atom. The first-order valence-electron chi connectivity index (χ1n) is 5.61. The number of carbonyl (C=O) groups excluding carboxylic acids is 1. The summed E-state index contributed by atoms with van der Waals surface area (Å²) < 4.78 is 6.86. The highest BCUT2D eigenvalue weighted by Gasteiger charge is 2.17. The second-order valence-corrected chi connectivity index (χ2v) is 3.60. The van der Waals surface area contributed by atoms with Gasteiger partial charge in [-0.05, 0) is 13.3 Å². The molecule has 0 aliphatic heterocycles. The van der Waals surface area contributed by atoms with Gasteiger partial charge < -0.3 is 15.0 Å². The summed E-state index contributed by atoms with van der Waals surface area (Å²) in [5.74, 6) is 0.468. The van der Waals surface area contributed by atoms with Crippen molar-refractivity contribution >= 4 is 5.97 Å². The van der Waals surface area contributed by atoms with Crippen LogP contribution in [-0.4, -0.2) is 28.2 Å². The molecule has 0 amide bonds. The van der Waals surface area contributed by atoms with Gasteiger partial charge in [0.1, 0.15) is 11.9 Å². The lowest BCUT2D eigenvalue weighted by molar-refractivity contribution is -0.144. The van der Waals surface area contributed by atoms with Crippen LogP contribution in [0.3, 0.4) is 0 Å². The lowest BCUT2D eigenvalue weighted by Crippen LogP contribution is -2.35. The Labute approximate surface area is 95.6 Å². The molecule has 2 N–H and O–H groups in total. The topological polar surface area (TPSA) is 70.1 Å². The van der Waals surface area contributed by atoms with Crippen molar-refractivity contribution in [2.45, 2.75) is 39.3 Å². The zero-order valence-electron chi connectivity index (χ0n) is 9.85. The maximum absolute atomic E-state index is 11.4. The van der Waals surface area contributed by atoms with Crippen LogP contribution < -0.4 is 5.73 Å². The van der Waals surface area contributed by atoms with Crippen LogP contribution in [0.5, 0.6) is 0 Å². The maximum atomic E-state index is 11.4. The fourth-order valence-corrected chi connectivity index (χ4v) is 1.50. The summed E-state index contributed by atoms with van der Waals surface area (Å²) in [6.45, 7) is 5.11. The van der Waals surface area contributed by atoms with E-state index in [1.165, 1.54) is 0 Å². The average molecular weight is 225 g/mol. The molecule has 1 unspecified atom stereocenters. The van der Waals surface area contributed by atoms with Crippen molar-refractivity contribution in [1.82, 2.24) is 9.55 Å². The Morgan fingerprint density at radius 3 is 3.00 bits per heavy atom. The number of aromatic nitrogens is 2. The summed E-state index contributed by atoms with van der Waals surface area (Å²) in [7, 11) is 0. The summed E-state index contributed by atoms with van der Waals surface area (Å²) in [4.78, 5) is 15.5. The van der Waals surface area contributed by atoms with Gasteiger partial charge in [-0.25, -0.2) is 4.98 Å². The van der Waals surface area contributed by atoms with E-state index < -0.39 is 6.04 Å². The standard InChI is InChI=1S/C11H19N3O2/c1-3-6-14-7-5-13-10(14)8-9(12)11(15)16-4-2/h5,7,9H,3-4,6,8,12H2,1-2H3. The Morgan fingerprint density at radius 1 is 1.62 bits per heavy atom. The molecule has 1 heterocycles. The molecule has 0 spiro atoms. The zero-order chi connectivity index (χ0) is 12.0. The van der Waals surface area contributed by atoms with Crippen molar-refractivity contribution in [2.75, 3.05) is 6.61 Å². The highest BCUT2D eigenvalue weighted by molar-refractivity contribution is 5.75. The number of nitrogens with zero attached hydrogens (tertiary/aromatic N) is 2. The van der Waals surface area contributed by atoms with Gasteiger partial charge in [-0.3, -0.25) is 4.79 Å². The number of esters is 1. The minimum Gasteiger partial charge on any atom is -0.465 e. The number of nitrogens with two attached hydrogens (primary N) is 1. The van der Waals surface area contributed by atoms with Crippen LogP contribution in [0.25, 0.3) is 0 Å². The molecule has 5 nitrogen and oxygen atoms in total. The second kappa shape index (κ2) is 6.27. The van der Waals surface area contributed by atoms with Crippen LogP contribution in [0.1, 0.15) is 26.1 Å². The Bertz CT molecular complexity index is 336. The second-order valence-electron chi connectivity index (χ2n) is 3.60. The van der Waals surface area contributed by atoms with Crippen LogP contribution in [0.2, 0.25) is 0 Å². The largest absolute Gasteiger partial charge is 0.465 e. The van der Waals surface area contributed by atoms with E-state index in [2.05, 4.69) is 11.9 Å². The average Bonchev–Trinajstić information content (AvgIpc) is 2.67. The summed E-state index contributed by atoms with van der Waals surface area (Å²) >= 11 is 0. The third-order valence-corrected chi connectivity index (χ3v) is 2.26. The molecule has 1 aromatic rings. The van der Waals surface area contributed by atoms with E-state index in [4.69, 9.17) is 10.5 Å². The molecule has 90 valence electrons. The van der Waals surface area contributed by atoms with E-state index in [9.17, 15) is 4.79 Å². The van der Waals surface area contributed by atoms with Gasteiger partial charge in [0.2, 0.25) is 0 Å². The van der Waals surface area contributed by atoms with Crippen LogP contribution in [0.4, 0.5) is 0 Å². The first-order valence-corrected chi connectivity index (χ1v) is 5.61. The van der Waals surface area contributed by atoms with Crippen molar-refractivity contribution in [2.24, 2.45) is 5.73 Å². The van der Waals surface area contributed by atoms with E-state index in [1.807, 2.05) is 10.8 Å². The molecule has 1 rings (SSSR count). The predicted molar refractivity (Wildman–Crippen MR) is 60.8 cm³/mol. The van der Waals surface area contributed by atoms with E-state index >= 15 is 0 Å². The molecular formula is C11H19N3O2. The number of aryl methyl sites for hydroxylation is 1. The monoisotopic (exact) mass is 225 g/mol. The minimum atomic E-state index is -0.627. The van der Waals surface area contributed by atoms with Gasteiger partial charge in [0.15, 0.2) is 0 Å². The van der Waals surface area contributed by atoms with Gasteiger partial charge in [-0.15, -0.1) is 0 Å². The summed E-state index contributed by atoms with van der Waals surface area (Å²) in [5.41, 5.74) is 5.73. The zero-order valence-corrected chi connectivity index (χ0v) is 9.85. The van der Waals surface area contributed by atoms with Gasteiger partial charge in [0.25, 0.3) is 0 Å². The summed E-state index contributed by atoms with van der Waals surface area (Å²) in [6, 6.07) is -0.627. The molecule has 0 saturated carbocycles. The molecule has 0 radical (unpaired) electrons. The van der Waals surface area contributed by atoms with Crippen LogP contribution in [0, 0.1) is 0 Å². The normalized spacial score (nSPS) is 12.4. The van der Waals surface area contributed by atoms with Gasteiger partial charge in [0.05, 0.1) is 6.61 Å². The van der Waals surface area contributed by atoms with E-state index in [0.29, 0.717) is 13.0 Å². The fraction of sp³-hybridized carbons (Fsp3) is 0.636. The van der Waals surface area contributed by atoms with E-state index in [1.54, 1.807) is 13.1 Å². The lowest BCUT2D eigenvalue weighted by Gasteiger charge is -2.11. The van der Waals surface area contributed by atoms with Gasteiger partial charge in [-0.1, -0.05) is 6.92 Å². The summed E-state index contributed by atoms with van der Waals surface area (Å²) in [6.07, 6.45) is 5.07. The van der Waals surface area contributed by atoms with Gasteiger partial charge in [0, 0.05) is 25.4 Å². The first kappa shape index (κ1) is 12.7. The highest BCUT2D eigenvalue weighted by Crippen LogP contribution is 2.03. The Kier molecular flexibility index (Phi) is 4.98. The smallest absolute Gasteiger partial charge is 0.323 e. The molecule has 0 bridgehead atoms. The van der Waals surface area contributed by atoms with Gasteiger partial charge >= 0.3 is 5.97 Å². The number of imidazole rings is 1. The molecule has 1 atom stereocenters. The molecule has 0 aromatic carbocycles. The molecule has 0 aliphatic carbocycles. The van der Waals surface area contributed by atoms with E-state index in [-0.39, 0.29) is 5.97 Å². The Balaban J connectivity index is 2.58. The molecule has 16 heavy (non-hydrogen) atoms. The van der Waals surface area contributed by atoms with Crippen LogP contribution >= 0.6 is 0 Å². The molecule has 1 aromatic heterocycles. The summed E-state index contributed by atoms with van der Waals surface area (Å²) in [5, 5.41) is 0. The maximum Gasteiger partial charge on any atom is 0.323 e. The van der Waals surface area contributed by atoms with E-state index in [0.717, 1.165) is 18.8 Å². The van der Waals surface area contributed by atoms with Crippen molar-refractivity contribution in [1.29, 1.82) is 0 Å². The van der Waals surface area contributed by atoms with Gasteiger partial charge in [-0.2, -0.15) is 0 Å². The first-order chi connectivity index (χ1) is 7.69. The Hall–Kier alpha value is -1.36. The van der Waals surface area contributed by atoms with Crippen molar-refractivity contribution in [3.63, 3.8) is 0 Å². The molecule has 0 saturated heterocycles. The van der Waals surface area contributed by atoms with Crippen molar-refractivity contribution in [3.05, 3.63) is 18.2 Å². The van der Waals surface area contributed by atoms with Crippen LogP contribution in [0.15, 0.2) is 12.4 Å². The molecule has 0 fully saturated rings. The SMILES string of the molecule is CCCn1ccnc1CC(N)C(=O)OCC. The molecule has 0 aliphatic rings. The third-order valence-electron chi connectivity index (χ3n) is 2.26. The lowest BCUT2D eigenvalue weighted by atomic mass is 10.2. The van der Waals surface area contributed by atoms with Crippen molar-refractivity contribution in [3.8, 4) is 0 Å². The third kappa shape index (κ3) is 3.34. The minimum absolute atomic E-state index is 0.357. The number of rotatable bonds is 6.